The third kappa shape index (κ3) is 4.21. The van der Waals surface area contributed by atoms with Crippen LogP contribution < -0.4 is 0 Å². The Morgan fingerprint density at radius 3 is 2.22 bits per heavy atom. The molecule has 0 heterocycles. The molecule has 2 saturated carbocycles. The van der Waals surface area contributed by atoms with Gasteiger partial charge in [0.2, 0.25) is 5.78 Å². The van der Waals surface area contributed by atoms with E-state index < -0.39 is 63.4 Å². The molecule has 0 spiro atoms. The third-order valence-electron chi connectivity index (χ3n) is 11.4. The van der Waals surface area contributed by atoms with Gasteiger partial charge in [-0.3, -0.25) is 28.8 Å². The van der Waals surface area contributed by atoms with Crippen LogP contribution in [0.25, 0.3) is 0 Å². The maximum atomic E-state index is 14.6. The Morgan fingerprint density at radius 2 is 1.66 bits per heavy atom. The number of aliphatic hydroxyl groups excluding tert-OH is 1. The third-order valence-corrected chi connectivity index (χ3v) is 11.4. The van der Waals surface area contributed by atoms with Crippen LogP contribution in [-0.4, -0.2) is 57.5 Å². The zero-order valence-corrected chi connectivity index (χ0v) is 25.1. The highest BCUT2D eigenvalue weighted by Gasteiger charge is 2.74. The molecule has 224 valence electrons. The van der Waals surface area contributed by atoms with Crippen LogP contribution in [0.1, 0.15) is 87.0 Å². The van der Waals surface area contributed by atoms with Gasteiger partial charge in [-0.05, 0) is 37.0 Å². The highest BCUT2D eigenvalue weighted by atomic mass is 16.5. The summed E-state index contributed by atoms with van der Waals surface area (Å²) in [7, 11) is 0. The fourth-order valence-electron chi connectivity index (χ4n) is 8.76. The van der Waals surface area contributed by atoms with Crippen LogP contribution in [0.4, 0.5) is 0 Å². The van der Waals surface area contributed by atoms with Crippen LogP contribution in [0.5, 0.6) is 0 Å². The number of esters is 1. The van der Waals surface area contributed by atoms with Gasteiger partial charge in [-0.1, -0.05) is 46.8 Å². The first kappa shape index (κ1) is 31.0. The molecular formula is C32H42O9. The molecule has 0 aliphatic heterocycles. The van der Waals surface area contributed by atoms with Gasteiger partial charge in [0, 0.05) is 54.6 Å². The van der Waals surface area contributed by atoms with E-state index in [9.17, 15) is 39.0 Å². The monoisotopic (exact) mass is 570 g/mol. The molecule has 0 bridgehead atoms. The van der Waals surface area contributed by atoms with E-state index in [1.807, 2.05) is 20.8 Å². The van der Waals surface area contributed by atoms with E-state index in [1.165, 1.54) is 13.8 Å². The molecule has 9 heteroatoms. The average molecular weight is 571 g/mol. The van der Waals surface area contributed by atoms with Gasteiger partial charge in [-0.15, -0.1) is 0 Å². The van der Waals surface area contributed by atoms with E-state index in [4.69, 9.17) is 4.74 Å². The Labute approximate surface area is 240 Å². The molecule has 1 unspecified atom stereocenters. The minimum Gasteiger partial charge on any atom is -0.481 e. The molecular weight excluding hydrogens is 528 g/mol. The van der Waals surface area contributed by atoms with Gasteiger partial charge in [0.15, 0.2) is 11.9 Å². The summed E-state index contributed by atoms with van der Waals surface area (Å²) in [5.41, 5.74) is -3.65. The molecule has 2 N–H and O–H groups in total. The maximum Gasteiger partial charge on any atom is 0.306 e. The second-order valence-corrected chi connectivity index (χ2v) is 14.0. The summed E-state index contributed by atoms with van der Waals surface area (Å²) >= 11 is 0. The van der Waals surface area contributed by atoms with Crippen molar-refractivity contribution in [3.05, 3.63) is 23.3 Å². The maximum absolute atomic E-state index is 14.6. The number of carboxylic acid groups (broad SMARTS) is 1. The predicted molar refractivity (Wildman–Crippen MR) is 147 cm³/mol. The molecule has 0 aromatic heterocycles. The lowest BCUT2D eigenvalue weighted by atomic mass is 9.42. The summed E-state index contributed by atoms with van der Waals surface area (Å²) in [6.07, 6.45) is -1.67. The van der Waals surface area contributed by atoms with Gasteiger partial charge >= 0.3 is 11.9 Å². The molecule has 2 fully saturated rings. The minimum atomic E-state index is -1.49. The fourth-order valence-corrected chi connectivity index (χ4v) is 8.76. The van der Waals surface area contributed by atoms with Gasteiger partial charge < -0.3 is 14.9 Å². The van der Waals surface area contributed by atoms with E-state index in [0.29, 0.717) is 18.4 Å². The van der Waals surface area contributed by atoms with Crippen LogP contribution in [0.2, 0.25) is 0 Å². The molecule has 9 nitrogen and oxygen atoms in total. The number of allylic oxidation sites excluding steroid dienone is 2. The first-order valence-corrected chi connectivity index (χ1v) is 14.4. The quantitative estimate of drug-likeness (QED) is 0.344. The largest absolute Gasteiger partial charge is 0.481 e. The lowest BCUT2D eigenvalue weighted by molar-refractivity contribution is -0.173. The molecule has 0 aromatic rings. The lowest BCUT2D eigenvalue weighted by Gasteiger charge is -2.61. The number of hydrogen-bond acceptors (Lipinski definition) is 8. The van der Waals surface area contributed by atoms with Crippen molar-refractivity contribution in [2.45, 2.75) is 99.2 Å². The predicted octanol–water partition coefficient (Wildman–Crippen LogP) is 3.80. The molecule has 8 atom stereocenters. The van der Waals surface area contributed by atoms with E-state index in [1.54, 1.807) is 13.8 Å². The molecule has 41 heavy (non-hydrogen) atoms. The fraction of sp³-hybridized carbons (Fsp3) is 0.688. The summed E-state index contributed by atoms with van der Waals surface area (Å²) in [6.45, 7) is 15.7. The summed E-state index contributed by atoms with van der Waals surface area (Å²) in [5, 5.41) is 20.1. The number of carbonyl (C=O) groups excluding carboxylic acids is 5. The van der Waals surface area contributed by atoms with Crippen LogP contribution in [-0.2, 0) is 33.5 Å². The van der Waals surface area contributed by atoms with Crippen molar-refractivity contribution < 1.29 is 43.7 Å². The SMILES string of the molecule is C=C(CC(=O)CC(C)C(=O)O)[C@H]1CC(=O)[C@@]2(C)C3=C(C(=O)[C@@H](OC(C)=O)[C@]12C)[C@@]1(C)CC[C@H](O)C(C)(C)[C@@H]1CC3=O. The second-order valence-electron chi connectivity index (χ2n) is 14.0. The van der Waals surface area contributed by atoms with E-state index in [-0.39, 0.29) is 60.1 Å². The number of ketones is 4. The van der Waals surface area contributed by atoms with Gasteiger partial charge in [0.1, 0.15) is 11.6 Å². The first-order chi connectivity index (χ1) is 18.8. The molecule has 0 aromatic carbocycles. The molecule has 4 aliphatic carbocycles. The first-order valence-electron chi connectivity index (χ1n) is 14.4. The van der Waals surface area contributed by atoms with Crippen molar-refractivity contribution in [2.75, 3.05) is 0 Å². The molecule has 0 saturated heterocycles. The van der Waals surface area contributed by atoms with Crippen molar-refractivity contribution in [2.24, 2.45) is 39.4 Å². The number of fused-ring (bicyclic) bond motifs is 4. The van der Waals surface area contributed by atoms with E-state index in [0.717, 1.165) is 0 Å². The Kier molecular flexibility index (Phi) is 7.42. The zero-order valence-electron chi connectivity index (χ0n) is 25.1. The number of aliphatic hydroxyl groups is 1. The summed E-state index contributed by atoms with van der Waals surface area (Å²) in [5.74, 6) is -5.34. The van der Waals surface area contributed by atoms with Crippen molar-refractivity contribution >= 4 is 35.1 Å². The Hall–Kier alpha value is -2.94. The summed E-state index contributed by atoms with van der Waals surface area (Å²) < 4.78 is 5.76. The summed E-state index contributed by atoms with van der Waals surface area (Å²) in [6, 6.07) is 0. The molecule has 0 radical (unpaired) electrons. The van der Waals surface area contributed by atoms with Crippen molar-refractivity contribution in [1.29, 1.82) is 0 Å². The smallest absolute Gasteiger partial charge is 0.306 e. The Morgan fingerprint density at radius 1 is 1.05 bits per heavy atom. The minimum absolute atomic E-state index is 0.0705. The second kappa shape index (κ2) is 9.82. The van der Waals surface area contributed by atoms with E-state index >= 15 is 0 Å². The van der Waals surface area contributed by atoms with Gasteiger partial charge in [-0.25, -0.2) is 0 Å². The number of carbonyl (C=O) groups is 6. The van der Waals surface area contributed by atoms with Gasteiger partial charge in [0.25, 0.3) is 0 Å². The number of rotatable bonds is 7. The molecule has 4 rings (SSSR count). The van der Waals surface area contributed by atoms with Gasteiger partial charge in [0.05, 0.1) is 17.4 Å². The normalized spacial score (nSPS) is 38.5. The topological polar surface area (TPSA) is 152 Å². The van der Waals surface area contributed by atoms with E-state index in [2.05, 4.69) is 6.58 Å². The van der Waals surface area contributed by atoms with Crippen LogP contribution in [0.15, 0.2) is 23.3 Å². The summed E-state index contributed by atoms with van der Waals surface area (Å²) in [4.78, 5) is 79.3. The number of carboxylic acids is 1. The van der Waals surface area contributed by atoms with Gasteiger partial charge in [-0.2, -0.15) is 0 Å². The number of Topliss-reactive ketones (excluding diaryl/α,β-unsaturated/α-hetero) is 4. The van der Waals surface area contributed by atoms with Crippen LogP contribution in [0, 0.1) is 39.4 Å². The number of aliphatic carboxylic acids is 1. The standard InChI is InChI=1S/C32H42O9/c1-15(11-18(34)12-16(2)28(39)40)19-13-23(37)32(8)24-20(35)14-21-29(4,5)22(36)9-10-30(21,6)25(24)26(38)27(31(19,32)7)41-17(3)33/h16,19,21-22,27,36H,1,9-14H2,2-8H3,(H,39,40)/t16?,19-,21+,22+,27-,30+,31+,32+/m1/s1. The molecule has 4 aliphatic rings. The average Bonchev–Trinajstić information content (AvgIpc) is 3.07. The van der Waals surface area contributed by atoms with Crippen LogP contribution >= 0.6 is 0 Å². The Bertz CT molecular complexity index is 1300. The van der Waals surface area contributed by atoms with Crippen molar-refractivity contribution in [3.8, 4) is 0 Å². The number of ether oxygens (including phenoxy) is 1. The lowest BCUT2D eigenvalue weighted by Crippen LogP contribution is -2.64. The highest BCUT2D eigenvalue weighted by Crippen LogP contribution is 2.70. The highest BCUT2D eigenvalue weighted by molar-refractivity contribution is 6.18. The Balaban J connectivity index is 1.89. The van der Waals surface area contributed by atoms with Crippen molar-refractivity contribution in [1.82, 2.24) is 0 Å². The van der Waals surface area contributed by atoms with Crippen molar-refractivity contribution in [3.63, 3.8) is 0 Å². The van der Waals surface area contributed by atoms with Crippen LogP contribution in [0.3, 0.4) is 0 Å². The molecule has 0 amide bonds. The zero-order chi connectivity index (χ0) is 31.0. The number of hydrogen-bond donors (Lipinski definition) is 2.